The van der Waals surface area contributed by atoms with Crippen LogP contribution in [0.3, 0.4) is 0 Å². The van der Waals surface area contributed by atoms with Crippen molar-refractivity contribution in [1.29, 1.82) is 5.26 Å². The summed E-state index contributed by atoms with van der Waals surface area (Å²) in [6.45, 7) is 5.98. The molecule has 0 aliphatic heterocycles. The first-order chi connectivity index (χ1) is 14.3. The lowest BCUT2D eigenvalue weighted by atomic mass is 10.0. The van der Waals surface area contributed by atoms with Crippen molar-refractivity contribution in [3.8, 4) is 11.9 Å². The number of hydrogen-bond acceptors (Lipinski definition) is 5. The monoisotopic (exact) mass is 417 g/mol. The zero-order valence-electron chi connectivity index (χ0n) is 16.7. The molecular formula is C22H19N5O2S. The first-order valence-corrected chi connectivity index (χ1v) is 10.7. The van der Waals surface area contributed by atoms with Gasteiger partial charge in [-0.3, -0.25) is 4.72 Å². The number of aryl methyl sites for hydroxylation is 3. The van der Waals surface area contributed by atoms with Gasteiger partial charge in [0.2, 0.25) is 0 Å². The van der Waals surface area contributed by atoms with Crippen LogP contribution in [0, 0.1) is 32.1 Å². The number of anilines is 1. The Labute approximate surface area is 174 Å². The van der Waals surface area contributed by atoms with Gasteiger partial charge in [0.1, 0.15) is 11.6 Å². The van der Waals surface area contributed by atoms with Crippen LogP contribution < -0.4 is 4.72 Å². The molecule has 0 saturated heterocycles. The van der Waals surface area contributed by atoms with Crippen LogP contribution in [0.5, 0.6) is 0 Å². The molecule has 1 N–H and O–H groups in total. The second-order valence-corrected chi connectivity index (χ2v) is 8.81. The van der Waals surface area contributed by atoms with E-state index >= 15 is 0 Å². The molecule has 0 radical (unpaired) electrons. The van der Waals surface area contributed by atoms with E-state index in [1.54, 1.807) is 18.2 Å². The molecule has 30 heavy (non-hydrogen) atoms. The Morgan fingerprint density at radius 3 is 2.47 bits per heavy atom. The lowest BCUT2D eigenvalue weighted by Crippen LogP contribution is -2.17. The van der Waals surface area contributed by atoms with Gasteiger partial charge in [0.25, 0.3) is 10.0 Å². The first kappa shape index (κ1) is 19.6. The summed E-state index contributed by atoms with van der Waals surface area (Å²) in [5.74, 6) is 0.483. The number of nitrogens with zero attached hydrogens (tertiary/aromatic N) is 4. The Balaban J connectivity index is 1.88. The largest absolute Gasteiger partial charge is 0.263 e. The zero-order valence-corrected chi connectivity index (χ0v) is 17.5. The summed E-state index contributed by atoms with van der Waals surface area (Å²) in [6, 6.07) is 15.9. The van der Waals surface area contributed by atoms with Crippen LogP contribution in [0.15, 0.2) is 59.6 Å². The van der Waals surface area contributed by atoms with Gasteiger partial charge in [0.05, 0.1) is 16.6 Å². The van der Waals surface area contributed by atoms with Gasteiger partial charge in [-0.2, -0.15) is 15.0 Å². The van der Waals surface area contributed by atoms with Crippen molar-refractivity contribution in [2.24, 2.45) is 0 Å². The number of nitriles is 1. The van der Waals surface area contributed by atoms with Crippen molar-refractivity contribution < 1.29 is 8.42 Å². The molecule has 0 unspecified atom stereocenters. The molecule has 8 heteroatoms. The first-order valence-electron chi connectivity index (χ1n) is 9.25. The molecule has 0 aliphatic rings. The fraction of sp³-hybridized carbons (Fsp3) is 0.136. The van der Waals surface area contributed by atoms with E-state index in [1.165, 1.54) is 23.0 Å². The zero-order chi connectivity index (χ0) is 21.5. The Hall–Kier alpha value is -3.70. The molecule has 0 amide bonds. The Morgan fingerprint density at radius 2 is 1.77 bits per heavy atom. The van der Waals surface area contributed by atoms with E-state index in [0.717, 1.165) is 27.6 Å². The van der Waals surface area contributed by atoms with Gasteiger partial charge >= 0.3 is 0 Å². The summed E-state index contributed by atoms with van der Waals surface area (Å²) < 4.78 is 29.5. The van der Waals surface area contributed by atoms with Crippen molar-refractivity contribution in [2.75, 3.05) is 4.72 Å². The number of rotatable bonds is 4. The number of benzene rings is 2. The molecule has 0 aliphatic carbocycles. The van der Waals surface area contributed by atoms with Crippen molar-refractivity contribution in [2.45, 2.75) is 25.7 Å². The number of aromatic nitrogens is 3. The average Bonchev–Trinajstić information content (AvgIpc) is 3.11. The molecule has 0 saturated carbocycles. The Morgan fingerprint density at radius 1 is 1.03 bits per heavy atom. The van der Waals surface area contributed by atoms with Crippen LogP contribution in [0.4, 0.5) is 5.82 Å². The standard InChI is InChI=1S/C22H19N5O2S/c1-14-9-16(3)21-19(10-14)15(2)11-20(25-21)27-22(17(12-23)13-24-27)26-30(28,29)18-7-5-4-6-8-18/h4-11,13,26H,1-3H3. The Kier molecular flexibility index (Phi) is 4.76. The highest BCUT2D eigenvalue weighted by molar-refractivity contribution is 7.92. The van der Waals surface area contributed by atoms with Crippen LogP contribution in [-0.2, 0) is 10.0 Å². The minimum Gasteiger partial charge on any atom is -0.262 e. The fourth-order valence-corrected chi connectivity index (χ4v) is 4.51. The molecule has 0 fully saturated rings. The van der Waals surface area contributed by atoms with E-state index in [0.29, 0.717) is 5.82 Å². The highest BCUT2D eigenvalue weighted by Gasteiger charge is 2.21. The van der Waals surface area contributed by atoms with E-state index in [1.807, 2.05) is 39.0 Å². The molecule has 4 rings (SSSR count). The maximum absolute atomic E-state index is 12.8. The lowest BCUT2D eigenvalue weighted by molar-refractivity contribution is 0.600. The maximum atomic E-state index is 12.8. The SMILES string of the molecule is Cc1cc(C)c2nc(-n3ncc(C#N)c3NS(=O)(=O)c3ccccc3)cc(C)c2c1. The molecule has 2 aromatic heterocycles. The van der Waals surface area contributed by atoms with Crippen LogP contribution in [-0.4, -0.2) is 23.2 Å². The minimum atomic E-state index is -3.90. The summed E-state index contributed by atoms with van der Waals surface area (Å²) in [6.07, 6.45) is 1.33. The number of sulfonamides is 1. The molecule has 2 aromatic carbocycles. The summed E-state index contributed by atoms with van der Waals surface area (Å²) in [7, 11) is -3.90. The minimum absolute atomic E-state index is 0.0531. The highest BCUT2D eigenvalue weighted by Crippen LogP contribution is 2.27. The third-order valence-electron chi connectivity index (χ3n) is 4.83. The van der Waals surface area contributed by atoms with Crippen LogP contribution in [0.2, 0.25) is 0 Å². The predicted molar refractivity (Wildman–Crippen MR) is 115 cm³/mol. The topological polar surface area (TPSA) is 101 Å². The van der Waals surface area contributed by atoms with Crippen molar-refractivity contribution in [3.63, 3.8) is 0 Å². The van der Waals surface area contributed by atoms with Gasteiger partial charge in [-0.05, 0) is 56.2 Å². The Bertz CT molecular complexity index is 1420. The van der Waals surface area contributed by atoms with Crippen molar-refractivity contribution >= 4 is 26.7 Å². The van der Waals surface area contributed by atoms with Crippen LogP contribution in [0.25, 0.3) is 16.7 Å². The maximum Gasteiger partial charge on any atom is 0.263 e. The third kappa shape index (κ3) is 3.40. The fourth-order valence-electron chi connectivity index (χ4n) is 3.42. The van der Waals surface area contributed by atoms with Gasteiger partial charge in [-0.25, -0.2) is 13.4 Å². The number of nitrogens with one attached hydrogen (secondary N) is 1. The number of fused-ring (bicyclic) bond motifs is 1. The van der Waals surface area contributed by atoms with E-state index < -0.39 is 10.0 Å². The molecular weight excluding hydrogens is 398 g/mol. The molecule has 150 valence electrons. The van der Waals surface area contributed by atoms with E-state index in [2.05, 4.69) is 15.9 Å². The summed E-state index contributed by atoms with van der Waals surface area (Å²) in [4.78, 5) is 4.81. The van der Waals surface area contributed by atoms with E-state index in [-0.39, 0.29) is 16.3 Å². The molecule has 0 atom stereocenters. The number of pyridine rings is 1. The van der Waals surface area contributed by atoms with Crippen molar-refractivity contribution in [1.82, 2.24) is 14.8 Å². The quantitative estimate of drug-likeness (QED) is 0.540. The smallest absolute Gasteiger partial charge is 0.262 e. The average molecular weight is 417 g/mol. The van der Waals surface area contributed by atoms with Crippen LogP contribution >= 0.6 is 0 Å². The summed E-state index contributed by atoms with van der Waals surface area (Å²) >= 11 is 0. The lowest BCUT2D eigenvalue weighted by Gasteiger charge is -2.13. The van der Waals surface area contributed by atoms with Crippen LogP contribution in [0.1, 0.15) is 22.3 Å². The van der Waals surface area contributed by atoms with E-state index in [4.69, 9.17) is 4.98 Å². The molecule has 2 heterocycles. The molecule has 4 aromatic rings. The second-order valence-electron chi connectivity index (χ2n) is 7.12. The van der Waals surface area contributed by atoms with Gasteiger partial charge in [-0.1, -0.05) is 29.8 Å². The van der Waals surface area contributed by atoms with Gasteiger partial charge < -0.3 is 0 Å². The van der Waals surface area contributed by atoms with Crippen molar-refractivity contribution in [3.05, 3.63) is 77.0 Å². The molecule has 0 spiro atoms. The van der Waals surface area contributed by atoms with Gasteiger partial charge in [0, 0.05) is 5.39 Å². The second kappa shape index (κ2) is 7.28. The summed E-state index contributed by atoms with van der Waals surface area (Å²) in [5, 5.41) is 14.7. The highest BCUT2D eigenvalue weighted by atomic mass is 32.2. The van der Waals surface area contributed by atoms with Gasteiger partial charge in [0.15, 0.2) is 11.6 Å². The normalized spacial score (nSPS) is 11.4. The summed E-state index contributed by atoms with van der Waals surface area (Å²) in [5.41, 5.74) is 4.04. The number of hydrogen-bond donors (Lipinski definition) is 1. The third-order valence-corrected chi connectivity index (χ3v) is 6.19. The predicted octanol–water partition coefficient (Wildman–Crippen LogP) is 4.02. The van der Waals surface area contributed by atoms with E-state index in [9.17, 15) is 13.7 Å². The molecule has 7 nitrogen and oxygen atoms in total. The molecule has 0 bridgehead atoms. The van der Waals surface area contributed by atoms with Gasteiger partial charge in [-0.15, -0.1) is 0 Å².